The van der Waals surface area contributed by atoms with Crippen molar-refractivity contribution < 1.29 is 8.42 Å². The van der Waals surface area contributed by atoms with Crippen molar-refractivity contribution in [1.82, 2.24) is 0 Å². The van der Waals surface area contributed by atoms with Crippen LogP contribution in [-0.2, 0) is 15.5 Å². The SMILES string of the molecule is Cc1ccccc1Cc1cccc(S(=O)(=O)Cl)c1. The van der Waals surface area contributed by atoms with Gasteiger partial charge < -0.3 is 0 Å². The molecular formula is C14H13ClO2S. The summed E-state index contributed by atoms with van der Waals surface area (Å²) in [5.41, 5.74) is 3.31. The van der Waals surface area contributed by atoms with Gasteiger partial charge in [-0.05, 0) is 42.2 Å². The van der Waals surface area contributed by atoms with E-state index in [9.17, 15) is 8.42 Å². The lowest BCUT2D eigenvalue weighted by Crippen LogP contribution is -1.95. The summed E-state index contributed by atoms with van der Waals surface area (Å²) in [5.74, 6) is 0. The molecular weight excluding hydrogens is 268 g/mol. The van der Waals surface area contributed by atoms with E-state index in [0.29, 0.717) is 6.42 Å². The Morgan fingerprint density at radius 2 is 1.78 bits per heavy atom. The second-order valence-electron chi connectivity index (χ2n) is 4.19. The van der Waals surface area contributed by atoms with Crippen molar-refractivity contribution in [2.45, 2.75) is 18.2 Å². The van der Waals surface area contributed by atoms with Crippen LogP contribution in [0.2, 0.25) is 0 Å². The standard InChI is InChI=1S/C14H13ClO2S/c1-11-5-2-3-7-13(11)9-12-6-4-8-14(10-12)18(15,16)17/h2-8,10H,9H2,1H3. The fraction of sp³-hybridized carbons (Fsp3) is 0.143. The first kappa shape index (κ1) is 13.1. The van der Waals surface area contributed by atoms with Crippen molar-refractivity contribution in [2.75, 3.05) is 0 Å². The lowest BCUT2D eigenvalue weighted by atomic mass is 10.0. The quantitative estimate of drug-likeness (QED) is 0.806. The summed E-state index contributed by atoms with van der Waals surface area (Å²) in [7, 11) is 1.68. The third-order valence-electron chi connectivity index (χ3n) is 2.84. The monoisotopic (exact) mass is 280 g/mol. The maximum Gasteiger partial charge on any atom is 0.261 e. The van der Waals surface area contributed by atoms with Crippen molar-refractivity contribution in [2.24, 2.45) is 0 Å². The van der Waals surface area contributed by atoms with E-state index in [1.807, 2.05) is 37.3 Å². The molecule has 0 saturated heterocycles. The summed E-state index contributed by atoms with van der Waals surface area (Å²) in [6.07, 6.45) is 0.701. The number of hydrogen-bond donors (Lipinski definition) is 0. The van der Waals surface area contributed by atoms with Crippen LogP contribution < -0.4 is 0 Å². The van der Waals surface area contributed by atoms with E-state index >= 15 is 0 Å². The number of hydrogen-bond acceptors (Lipinski definition) is 2. The molecule has 94 valence electrons. The van der Waals surface area contributed by atoms with E-state index in [4.69, 9.17) is 10.7 Å². The minimum Gasteiger partial charge on any atom is -0.207 e. The minimum absolute atomic E-state index is 0.148. The van der Waals surface area contributed by atoms with Crippen LogP contribution in [0.1, 0.15) is 16.7 Å². The van der Waals surface area contributed by atoms with Crippen LogP contribution in [0.25, 0.3) is 0 Å². The van der Waals surface area contributed by atoms with Gasteiger partial charge in [-0.15, -0.1) is 0 Å². The van der Waals surface area contributed by atoms with E-state index in [-0.39, 0.29) is 4.90 Å². The summed E-state index contributed by atoms with van der Waals surface area (Å²) in [4.78, 5) is 0.148. The summed E-state index contributed by atoms with van der Waals surface area (Å²) in [5, 5.41) is 0. The molecule has 0 N–H and O–H groups in total. The number of benzene rings is 2. The highest BCUT2D eigenvalue weighted by Gasteiger charge is 2.10. The van der Waals surface area contributed by atoms with Gasteiger partial charge in [0.25, 0.3) is 9.05 Å². The van der Waals surface area contributed by atoms with Crippen molar-refractivity contribution in [3.8, 4) is 0 Å². The van der Waals surface area contributed by atoms with Gasteiger partial charge in [-0.2, -0.15) is 0 Å². The smallest absolute Gasteiger partial charge is 0.207 e. The highest BCUT2D eigenvalue weighted by atomic mass is 35.7. The molecule has 0 unspecified atom stereocenters. The molecule has 0 spiro atoms. The van der Waals surface area contributed by atoms with Gasteiger partial charge in [0.05, 0.1) is 4.90 Å². The largest absolute Gasteiger partial charge is 0.261 e. The minimum atomic E-state index is -3.66. The number of aryl methyl sites for hydroxylation is 1. The van der Waals surface area contributed by atoms with E-state index in [1.54, 1.807) is 12.1 Å². The van der Waals surface area contributed by atoms with E-state index in [0.717, 1.165) is 5.56 Å². The van der Waals surface area contributed by atoms with Gasteiger partial charge in [0.2, 0.25) is 0 Å². The Morgan fingerprint density at radius 1 is 1.06 bits per heavy atom. The van der Waals surface area contributed by atoms with Gasteiger partial charge >= 0.3 is 0 Å². The van der Waals surface area contributed by atoms with Crippen LogP contribution in [-0.4, -0.2) is 8.42 Å². The molecule has 0 bridgehead atoms. The molecule has 0 saturated carbocycles. The highest BCUT2D eigenvalue weighted by Crippen LogP contribution is 2.19. The van der Waals surface area contributed by atoms with Crippen LogP contribution >= 0.6 is 10.7 Å². The Hall–Kier alpha value is -1.32. The average Bonchev–Trinajstić information content (AvgIpc) is 2.31. The van der Waals surface area contributed by atoms with E-state index < -0.39 is 9.05 Å². The van der Waals surface area contributed by atoms with Gasteiger partial charge in [-0.1, -0.05) is 36.4 Å². The Morgan fingerprint density at radius 3 is 2.44 bits per heavy atom. The molecule has 0 aliphatic carbocycles. The van der Waals surface area contributed by atoms with Crippen molar-refractivity contribution >= 4 is 19.7 Å². The van der Waals surface area contributed by atoms with Crippen LogP contribution in [0, 0.1) is 6.92 Å². The first-order valence-corrected chi connectivity index (χ1v) is 7.86. The molecule has 2 aromatic carbocycles. The summed E-state index contributed by atoms with van der Waals surface area (Å²) < 4.78 is 22.5. The second kappa shape index (κ2) is 5.12. The molecule has 0 atom stereocenters. The summed E-state index contributed by atoms with van der Waals surface area (Å²) in [6, 6.07) is 14.8. The Labute approximate surface area is 112 Å². The second-order valence-corrected chi connectivity index (χ2v) is 6.75. The van der Waals surface area contributed by atoms with Crippen LogP contribution in [0.3, 0.4) is 0 Å². The first-order chi connectivity index (χ1) is 8.47. The maximum atomic E-state index is 11.3. The van der Waals surface area contributed by atoms with Crippen LogP contribution in [0.5, 0.6) is 0 Å². The molecule has 2 rings (SSSR count). The Kier molecular flexibility index (Phi) is 3.73. The van der Waals surface area contributed by atoms with Crippen molar-refractivity contribution in [3.05, 3.63) is 65.2 Å². The third kappa shape index (κ3) is 3.12. The predicted octanol–water partition coefficient (Wildman–Crippen LogP) is 3.51. The molecule has 0 fully saturated rings. The molecule has 18 heavy (non-hydrogen) atoms. The summed E-state index contributed by atoms with van der Waals surface area (Å²) >= 11 is 0. The Balaban J connectivity index is 2.34. The molecule has 0 aliphatic heterocycles. The lowest BCUT2D eigenvalue weighted by Gasteiger charge is -2.06. The zero-order valence-electron chi connectivity index (χ0n) is 9.93. The molecule has 0 aliphatic rings. The highest BCUT2D eigenvalue weighted by molar-refractivity contribution is 8.13. The number of halogens is 1. The third-order valence-corrected chi connectivity index (χ3v) is 4.19. The zero-order chi connectivity index (χ0) is 13.2. The van der Waals surface area contributed by atoms with Gasteiger partial charge in [0, 0.05) is 10.7 Å². The molecule has 2 aromatic rings. The summed E-state index contributed by atoms with van der Waals surface area (Å²) in [6.45, 7) is 2.04. The lowest BCUT2D eigenvalue weighted by molar-refractivity contribution is 0.609. The fourth-order valence-corrected chi connectivity index (χ4v) is 2.66. The molecule has 0 radical (unpaired) electrons. The predicted molar refractivity (Wildman–Crippen MR) is 73.5 cm³/mol. The average molecular weight is 281 g/mol. The molecule has 0 heterocycles. The zero-order valence-corrected chi connectivity index (χ0v) is 11.5. The Bertz CT molecular complexity index is 663. The van der Waals surface area contributed by atoms with E-state index in [1.165, 1.54) is 17.2 Å². The van der Waals surface area contributed by atoms with Crippen LogP contribution in [0.15, 0.2) is 53.4 Å². The molecule has 0 aromatic heterocycles. The molecule has 2 nitrogen and oxygen atoms in total. The van der Waals surface area contributed by atoms with Gasteiger partial charge in [0.15, 0.2) is 0 Å². The van der Waals surface area contributed by atoms with Gasteiger partial charge in [0.1, 0.15) is 0 Å². The topological polar surface area (TPSA) is 34.1 Å². The van der Waals surface area contributed by atoms with Crippen molar-refractivity contribution in [3.63, 3.8) is 0 Å². The maximum absolute atomic E-state index is 11.3. The first-order valence-electron chi connectivity index (χ1n) is 5.55. The molecule has 4 heteroatoms. The van der Waals surface area contributed by atoms with Gasteiger partial charge in [-0.3, -0.25) is 0 Å². The fourth-order valence-electron chi connectivity index (χ4n) is 1.84. The van der Waals surface area contributed by atoms with Crippen LogP contribution in [0.4, 0.5) is 0 Å². The number of rotatable bonds is 3. The van der Waals surface area contributed by atoms with E-state index in [2.05, 4.69) is 0 Å². The van der Waals surface area contributed by atoms with Crippen molar-refractivity contribution in [1.29, 1.82) is 0 Å². The normalized spacial score (nSPS) is 11.4. The molecule has 0 amide bonds. The van der Waals surface area contributed by atoms with Gasteiger partial charge in [-0.25, -0.2) is 8.42 Å².